The second-order valence-electron chi connectivity index (χ2n) is 7.77. The molecule has 2 aromatic carbocycles. The van der Waals surface area contributed by atoms with E-state index < -0.39 is 26.8 Å². The number of halogens is 1. The molecule has 0 radical (unpaired) electrons. The third-order valence-electron chi connectivity index (χ3n) is 4.89. The normalized spacial score (nSPS) is 13.0. The second-order valence-corrected chi connectivity index (χ2v) is 12.0. The summed E-state index contributed by atoms with van der Waals surface area (Å²) in [5.74, 6) is 0.998. The zero-order valence-electron chi connectivity index (χ0n) is 18.2. The average Bonchev–Trinajstić information content (AvgIpc) is 3.17. The number of rotatable bonds is 10. The van der Waals surface area contributed by atoms with Gasteiger partial charge in [0.2, 0.25) is 10.0 Å². The fourth-order valence-corrected chi connectivity index (χ4v) is 5.69. The largest absolute Gasteiger partial charge is 0.480 e. The molecule has 0 saturated heterocycles. The molecular formula is C22H24BrN3O5S2. The molecule has 0 saturated carbocycles. The van der Waals surface area contributed by atoms with Crippen LogP contribution in [0.4, 0.5) is 0 Å². The lowest BCUT2D eigenvalue weighted by molar-refractivity contribution is -0.139. The van der Waals surface area contributed by atoms with Gasteiger partial charge in [-0.05, 0) is 62.4 Å². The summed E-state index contributed by atoms with van der Waals surface area (Å²) in [5, 5.41) is 9.77. The average molecular weight is 554 g/mol. The molecule has 1 unspecified atom stereocenters. The van der Waals surface area contributed by atoms with Crippen LogP contribution in [-0.4, -0.2) is 39.8 Å². The number of carbonyl (C=O) groups is 1. The number of aromatic nitrogens is 2. The van der Waals surface area contributed by atoms with Gasteiger partial charge in [0.1, 0.15) is 23.4 Å². The number of nitrogens with zero attached hydrogens (tertiary/aromatic N) is 2. The number of thioether (sulfide) groups is 1. The van der Waals surface area contributed by atoms with E-state index in [1.807, 2.05) is 23.7 Å². The van der Waals surface area contributed by atoms with Gasteiger partial charge in [0, 0.05) is 28.7 Å². The Morgan fingerprint density at radius 2 is 1.76 bits per heavy atom. The van der Waals surface area contributed by atoms with E-state index in [2.05, 4.69) is 25.6 Å². The minimum absolute atomic E-state index is 0.0539. The maximum atomic E-state index is 12.9. The fraction of sp³-hybridized carbons (Fsp3) is 0.273. The third-order valence-corrected chi connectivity index (χ3v) is 8.24. The number of nitrogens with one attached hydrogen (secondary N) is 1. The van der Waals surface area contributed by atoms with E-state index in [4.69, 9.17) is 4.74 Å². The Morgan fingerprint density at radius 3 is 2.27 bits per heavy atom. The molecule has 0 aliphatic rings. The summed E-state index contributed by atoms with van der Waals surface area (Å²) in [4.78, 5) is 16.2. The Morgan fingerprint density at radius 1 is 1.18 bits per heavy atom. The smallest absolute Gasteiger partial charge is 0.323 e. The van der Waals surface area contributed by atoms with Gasteiger partial charge in [0.25, 0.3) is 0 Å². The first-order valence-corrected chi connectivity index (χ1v) is 13.1. The van der Waals surface area contributed by atoms with Crippen molar-refractivity contribution in [3.8, 4) is 11.5 Å². The number of carboxylic acid groups (broad SMARTS) is 1. The summed E-state index contributed by atoms with van der Waals surface area (Å²) in [6.45, 7) is 3.38. The fourth-order valence-electron chi connectivity index (χ4n) is 2.91. The summed E-state index contributed by atoms with van der Waals surface area (Å²) in [6.07, 6.45) is 3.45. The number of ether oxygens (including phenoxy) is 1. The van der Waals surface area contributed by atoms with Crippen LogP contribution in [0.1, 0.15) is 19.7 Å². The summed E-state index contributed by atoms with van der Waals surface area (Å²) >= 11 is 4.67. The molecule has 3 aromatic rings. The van der Waals surface area contributed by atoms with Gasteiger partial charge in [-0.1, -0.05) is 15.9 Å². The molecule has 33 heavy (non-hydrogen) atoms. The van der Waals surface area contributed by atoms with Crippen molar-refractivity contribution >= 4 is 43.7 Å². The number of benzene rings is 2. The molecule has 1 heterocycles. The Hall–Kier alpha value is -2.34. The maximum absolute atomic E-state index is 12.9. The van der Waals surface area contributed by atoms with Crippen molar-refractivity contribution < 1.29 is 23.1 Å². The zero-order valence-corrected chi connectivity index (χ0v) is 21.4. The minimum atomic E-state index is -4.09. The molecule has 0 bridgehead atoms. The first-order chi connectivity index (χ1) is 15.5. The predicted molar refractivity (Wildman–Crippen MR) is 131 cm³/mol. The van der Waals surface area contributed by atoms with Crippen LogP contribution in [0.2, 0.25) is 0 Å². The minimum Gasteiger partial charge on any atom is -0.480 e. The molecule has 1 atom stereocenters. The monoisotopic (exact) mass is 553 g/mol. The Kier molecular flexibility index (Phi) is 7.88. The van der Waals surface area contributed by atoms with E-state index >= 15 is 0 Å². The van der Waals surface area contributed by atoms with Crippen molar-refractivity contribution in [2.24, 2.45) is 7.05 Å². The number of sulfonamides is 1. The molecule has 0 fully saturated rings. The molecule has 0 aliphatic carbocycles. The molecule has 176 valence electrons. The lowest BCUT2D eigenvalue weighted by Gasteiger charge is -2.31. The molecule has 1 aromatic heterocycles. The van der Waals surface area contributed by atoms with Crippen LogP contribution in [0, 0.1) is 0 Å². The van der Waals surface area contributed by atoms with E-state index in [1.54, 1.807) is 38.4 Å². The first kappa shape index (κ1) is 25.3. The highest BCUT2D eigenvalue weighted by Crippen LogP contribution is 2.32. The Bertz CT molecular complexity index is 1210. The van der Waals surface area contributed by atoms with Crippen LogP contribution in [0.3, 0.4) is 0 Å². The van der Waals surface area contributed by atoms with Crippen LogP contribution in [0.25, 0.3) is 0 Å². The summed E-state index contributed by atoms with van der Waals surface area (Å²) < 4.78 is 35.7. The van der Waals surface area contributed by atoms with Gasteiger partial charge in [0.15, 0.2) is 0 Å². The lowest BCUT2D eigenvalue weighted by Crippen LogP contribution is -2.52. The second kappa shape index (κ2) is 10.3. The zero-order chi connectivity index (χ0) is 24.2. The number of hydrogen-bond acceptors (Lipinski definition) is 6. The predicted octanol–water partition coefficient (Wildman–Crippen LogP) is 4.42. The van der Waals surface area contributed by atoms with Gasteiger partial charge in [-0.15, -0.1) is 11.8 Å². The summed E-state index contributed by atoms with van der Waals surface area (Å²) in [7, 11) is -2.25. The molecule has 8 nitrogen and oxygen atoms in total. The van der Waals surface area contributed by atoms with Crippen LogP contribution in [0.15, 0.2) is 70.3 Å². The van der Waals surface area contributed by atoms with Crippen LogP contribution in [-0.2, 0) is 27.6 Å². The SMILES string of the molecule is Cn1ccnc1CSC(C)(C)C(NS(=O)(=O)c1ccc(Oc2ccc(Br)cc2)cc1)C(=O)O. The number of hydrogen-bond donors (Lipinski definition) is 2. The lowest BCUT2D eigenvalue weighted by atomic mass is 10.1. The van der Waals surface area contributed by atoms with Gasteiger partial charge in [0.05, 0.1) is 10.6 Å². The number of carboxylic acids is 1. The molecule has 3 rings (SSSR count). The van der Waals surface area contributed by atoms with Crippen molar-refractivity contribution in [3.05, 3.63) is 71.2 Å². The van der Waals surface area contributed by atoms with E-state index in [-0.39, 0.29) is 4.90 Å². The quantitative estimate of drug-likeness (QED) is 0.382. The number of aliphatic carboxylic acids is 1. The molecule has 0 aliphatic heterocycles. The van der Waals surface area contributed by atoms with Gasteiger partial charge in [-0.25, -0.2) is 13.4 Å². The first-order valence-electron chi connectivity index (χ1n) is 9.87. The molecular weight excluding hydrogens is 530 g/mol. The number of aryl methyl sites for hydroxylation is 1. The van der Waals surface area contributed by atoms with Crippen molar-refractivity contribution in [2.75, 3.05) is 0 Å². The molecule has 0 spiro atoms. The van der Waals surface area contributed by atoms with Crippen LogP contribution in [0.5, 0.6) is 11.5 Å². The topological polar surface area (TPSA) is 111 Å². The van der Waals surface area contributed by atoms with Gasteiger partial charge in [-0.3, -0.25) is 4.79 Å². The Labute approximate surface area is 205 Å². The Balaban J connectivity index is 1.72. The van der Waals surface area contributed by atoms with Gasteiger partial charge in [-0.2, -0.15) is 4.72 Å². The molecule has 0 amide bonds. The van der Waals surface area contributed by atoms with Crippen molar-refractivity contribution in [3.63, 3.8) is 0 Å². The van der Waals surface area contributed by atoms with Crippen LogP contribution < -0.4 is 9.46 Å². The highest BCUT2D eigenvalue weighted by atomic mass is 79.9. The van der Waals surface area contributed by atoms with E-state index in [0.29, 0.717) is 17.3 Å². The van der Waals surface area contributed by atoms with Crippen molar-refractivity contribution in [1.82, 2.24) is 14.3 Å². The van der Waals surface area contributed by atoms with E-state index in [1.165, 1.54) is 36.0 Å². The van der Waals surface area contributed by atoms with Crippen molar-refractivity contribution in [1.29, 1.82) is 0 Å². The van der Waals surface area contributed by atoms with Gasteiger partial charge >= 0.3 is 5.97 Å². The highest BCUT2D eigenvalue weighted by molar-refractivity contribution is 9.10. The number of imidazole rings is 1. The highest BCUT2D eigenvalue weighted by Gasteiger charge is 2.39. The van der Waals surface area contributed by atoms with Crippen LogP contribution >= 0.6 is 27.7 Å². The van der Waals surface area contributed by atoms with Crippen molar-refractivity contribution in [2.45, 2.75) is 35.3 Å². The standard InChI is InChI=1S/C22H24BrN3O5S2/c1-22(2,32-14-19-24-12-13-26(19)3)20(21(27)28)25-33(29,30)18-10-8-17(9-11-18)31-16-6-4-15(23)5-7-16/h4-13,20,25H,14H2,1-3H3,(H,27,28). The van der Waals surface area contributed by atoms with E-state index in [0.717, 1.165) is 10.3 Å². The summed E-state index contributed by atoms with van der Waals surface area (Å²) in [5.41, 5.74) is 0. The summed E-state index contributed by atoms with van der Waals surface area (Å²) in [6, 6.07) is 11.7. The molecule has 2 N–H and O–H groups in total. The third kappa shape index (κ3) is 6.59. The van der Waals surface area contributed by atoms with E-state index in [9.17, 15) is 18.3 Å². The maximum Gasteiger partial charge on any atom is 0.323 e. The molecule has 11 heteroatoms. The van der Waals surface area contributed by atoms with Gasteiger partial charge < -0.3 is 14.4 Å².